The van der Waals surface area contributed by atoms with Crippen LogP contribution in [-0.2, 0) is 0 Å². The van der Waals surface area contributed by atoms with E-state index >= 15 is 0 Å². The fraction of sp³-hybridized carbons (Fsp3) is 0.455. The largest absolute Gasteiger partial charge is 0.369 e. The quantitative estimate of drug-likeness (QED) is 0.515. The second-order valence-electron chi connectivity index (χ2n) is 8.19. The Hall–Kier alpha value is -3.20. The monoisotopic (exact) mass is 423 g/mol. The zero-order valence-corrected chi connectivity index (χ0v) is 17.8. The summed E-state index contributed by atoms with van der Waals surface area (Å²) in [5.74, 6) is 1.09. The van der Waals surface area contributed by atoms with Crippen LogP contribution in [0.4, 0.5) is 23.1 Å². The van der Waals surface area contributed by atoms with E-state index in [9.17, 15) is 10.1 Å². The molecular weight excluding hydrogens is 394 g/mol. The highest BCUT2D eigenvalue weighted by Gasteiger charge is 2.18. The smallest absolute Gasteiger partial charge is 0.235 e. The topological polar surface area (TPSA) is 99.5 Å². The van der Waals surface area contributed by atoms with Crippen molar-refractivity contribution in [1.82, 2.24) is 14.9 Å². The van der Waals surface area contributed by atoms with Gasteiger partial charge >= 0.3 is 0 Å². The van der Waals surface area contributed by atoms with Crippen molar-refractivity contribution < 1.29 is 4.92 Å². The van der Waals surface area contributed by atoms with Gasteiger partial charge in [-0.3, -0.25) is 10.1 Å². The van der Waals surface area contributed by atoms with Crippen LogP contribution in [0.3, 0.4) is 0 Å². The third-order valence-electron chi connectivity index (χ3n) is 5.88. The fourth-order valence-corrected chi connectivity index (χ4v) is 4.04. The van der Waals surface area contributed by atoms with Gasteiger partial charge in [-0.2, -0.15) is 4.98 Å². The molecule has 0 radical (unpaired) electrons. The van der Waals surface area contributed by atoms with E-state index in [0.29, 0.717) is 23.4 Å². The zero-order chi connectivity index (χ0) is 21.6. The minimum Gasteiger partial charge on any atom is -0.369 e. The minimum absolute atomic E-state index is 0.341. The Morgan fingerprint density at radius 2 is 1.84 bits per heavy atom. The number of benzene rings is 1. The van der Waals surface area contributed by atoms with Gasteiger partial charge in [-0.15, -0.1) is 0 Å². The van der Waals surface area contributed by atoms with Crippen LogP contribution in [-0.4, -0.2) is 59.1 Å². The molecule has 2 aromatic rings. The number of hydrogen-bond donors (Lipinski definition) is 2. The minimum atomic E-state index is -0.479. The Balaban J connectivity index is 1.47. The van der Waals surface area contributed by atoms with Crippen LogP contribution in [0.1, 0.15) is 31.2 Å². The lowest BCUT2D eigenvalue weighted by atomic mass is 10.2. The van der Waals surface area contributed by atoms with Crippen molar-refractivity contribution >= 4 is 29.2 Å². The first kappa shape index (κ1) is 21.0. The van der Waals surface area contributed by atoms with E-state index < -0.39 is 4.92 Å². The number of hydrogen-bond acceptors (Lipinski definition) is 8. The molecule has 1 aromatic carbocycles. The van der Waals surface area contributed by atoms with Crippen molar-refractivity contribution in [3.63, 3.8) is 0 Å². The summed E-state index contributed by atoms with van der Waals surface area (Å²) in [4.78, 5) is 23.9. The summed E-state index contributed by atoms with van der Waals surface area (Å²) in [7, 11) is 2.15. The van der Waals surface area contributed by atoms with E-state index in [2.05, 4.69) is 49.6 Å². The maximum Gasteiger partial charge on any atom is 0.235 e. The predicted octanol–water partition coefficient (Wildman–Crippen LogP) is 3.57. The lowest BCUT2D eigenvalue weighted by Gasteiger charge is -2.34. The molecule has 0 amide bonds. The zero-order valence-electron chi connectivity index (χ0n) is 17.8. The molecule has 2 aliphatic rings. The first-order chi connectivity index (χ1) is 15.1. The van der Waals surface area contributed by atoms with Crippen LogP contribution in [0.15, 0.2) is 36.7 Å². The fourth-order valence-electron chi connectivity index (χ4n) is 4.04. The molecule has 0 atom stereocenters. The van der Waals surface area contributed by atoms with E-state index in [4.69, 9.17) is 0 Å². The molecule has 0 spiro atoms. The molecule has 1 saturated heterocycles. The SMILES string of the molecule is CN1CCN(c2ccc(Nc3ncc(C=C[N+](=O)[O-])c(NC4CCCC4)n3)cc2)CC1. The van der Waals surface area contributed by atoms with Gasteiger partial charge in [0.05, 0.1) is 4.92 Å². The van der Waals surface area contributed by atoms with Crippen LogP contribution in [0.25, 0.3) is 6.08 Å². The number of likely N-dealkylation sites (N-methyl/N-ethyl adjacent to an activating group) is 1. The first-order valence-corrected chi connectivity index (χ1v) is 10.8. The summed E-state index contributed by atoms with van der Waals surface area (Å²) < 4.78 is 0. The highest BCUT2D eigenvalue weighted by atomic mass is 16.6. The second kappa shape index (κ2) is 9.74. The molecule has 9 nitrogen and oxygen atoms in total. The number of nitrogens with zero attached hydrogens (tertiary/aromatic N) is 5. The molecule has 2 fully saturated rings. The number of piperazine rings is 1. The second-order valence-corrected chi connectivity index (χ2v) is 8.19. The molecule has 2 N–H and O–H groups in total. The maximum atomic E-state index is 10.7. The molecule has 2 heterocycles. The Bertz CT molecular complexity index is 918. The molecule has 1 aromatic heterocycles. The summed E-state index contributed by atoms with van der Waals surface area (Å²) in [6.45, 7) is 4.20. The molecule has 0 bridgehead atoms. The Labute approximate surface area is 182 Å². The molecular formula is C22H29N7O2. The molecule has 164 valence electrons. The van der Waals surface area contributed by atoms with Crippen molar-refractivity contribution in [1.29, 1.82) is 0 Å². The Kier molecular flexibility index (Phi) is 6.61. The Morgan fingerprint density at radius 3 is 2.52 bits per heavy atom. The lowest BCUT2D eigenvalue weighted by molar-refractivity contribution is -0.400. The van der Waals surface area contributed by atoms with Gasteiger partial charge in [0.2, 0.25) is 12.1 Å². The summed E-state index contributed by atoms with van der Waals surface area (Å²) in [5, 5.41) is 17.4. The summed E-state index contributed by atoms with van der Waals surface area (Å²) >= 11 is 0. The van der Waals surface area contributed by atoms with Crippen LogP contribution >= 0.6 is 0 Å². The number of anilines is 4. The Morgan fingerprint density at radius 1 is 1.13 bits per heavy atom. The van der Waals surface area contributed by atoms with E-state index in [0.717, 1.165) is 50.9 Å². The maximum absolute atomic E-state index is 10.7. The highest BCUT2D eigenvalue weighted by molar-refractivity contribution is 5.65. The molecule has 31 heavy (non-hydrogen) atoms. The summed E-state index contributed by atoms with van der Waals surface area (Å²) in [6.07, 6.45) is 8.51. The van der Waals surface area contributed by atoms with Crippen LogP contribution < -0.4 is 15.5 Å². The van der Waals surface area contributed by atoms with Crippen LogP contribution in [0.2, 0.25) is 0 Å². The molecule has 1 aliphatic carbocycles. The molecule has 1 aliphatic heterocycles. The van der Waals surface area contributed by atoms with Gasteiger partial charge in [0, 0.05) is 61.4 Å². The average molecular weight is 424 g/mol. The van der Waals surface area contributed by atoms with Crippen molar-refractivity contribution in [3.8, 4) is 0 Å². The van der Waals surface area contributed by atoms with Gasteiger partial charge in [0.15, 0.2) is 0 Å². The van der Waals surface area contributed by atoms with E-state index in [1.807, 2.05) is 12.1 Å². The lowest BCUT2D eigenvalue weighted by Crippen LogP contribution is -2.44. The van der Waals surface area contributed by atoms with E-state index in [1.54, 1.807) is 6.20 Å². The van der Waals surface area contributed by atoms with E-state index in [-0.39, 0.29) is 0 Å². The predicted molar refractivity (Wildman–Crippen MR) is 123 cm³/mol. The number of aromatic nitrogens is 2. The van der Waals surface area contributed by atoms with Gasteiger partial charge in [-0.25, -0.2) is 4.98 Å². The average Bonchev–Trinajstić information content (AvgIpc) is 3.27. The third kappa shape index (κ3) is 5.69. The number of rotatable bonds is 7. The molecule has 4 rings (SSSR count). The van der Waals surface area contributed by atoms with Crippen molar-refractivity contribution in [2.24, 2.45) is 0 Å². The third-order valence-corrected chi connectivity index (χ3v) is 5.88. The van der Waals surface area contributed by atoms with Crippen molar-refractivity contribution in [3.05, 3.63) is 52.3 Å². The van der Waals surface area contributed by atoms with Crippen molar-refractivity contribution in [2.75, 3.05) is 48.8 Å². The number of nitrogens with one attached hydrogen (secondary N) is 2. The van der Waals surface area contributed by atoms with Crippen molar-refractivity contribution in [2.45, 2.75) is 31.7 Å². The van der Waals surface area contributed by atoms with Crippen LogP contribution in [0, 0.1) is 10.1 Å². The molecule has 1 saturated carbocycles. The normalized spacial score (nSPS) is 17.9. The van der Waals surface area contributed by atoms with Gasteiger partial charge in [0.1, 0.15) is 5.82 Å². The summed E-state index contributed by atoms with van der Waals surface area (Å²) in [5.41, 5.74) is 2.72. The van der Waals surface area contributed by atoms with Gasteiger partial charge in [-0.1, -0.05) is 12.8 Å². The van der Waals surface area contributed by atoms with Gasteiger partial charge in [-0.05, 0) is 44.2 Å². The van der Waals surface area contributed by atoms with E-state index in [1.165, 1.54) is 24.6 Å². The van der Waals surface area contributed by atoms with Crippen LogP contribution in [0.5, 0.6) is 0 Å². The summed E-state index contributed by atoms with van der Waals surface area (Å²) in [6, 6.07) is 8.62. The molecule has 9 heteroatoms. The standard InChI is InChI=1S/C22H29N7O2/c1-27-12-14-28(15-13-27)20-8-6-19(7-9-20)25-22-23-16-17(10-11-29(30)31)21(26-22)24-18-4-2-3-5-18/h6-11,16,18H,2-5,12-15H2,1H3,(H2,23,24,25,26). The number of nitro groups is 1. The first-order valence-electron chi connectivity index (χ1n) is 10.8. The van der Waals surface area contributed by atoms with Gasteiger partial charge in [0.25, 0.3) is 0 Å². The van der Waals surface area contributed by atoms with Gasteiger partial charge < -0.3 is 20.4 Å². The highest BCUT2D eigenvalue weighted by Crippen LogP contribution is 2.26. The molecule has 0 unspecified atom stereocenters.